The molecule has 1 aliphatic rings. The molecular formula is C16H25NS. The Hall–Kier alpha value is -0.470. The Morgan fingerprint density at radius 2 is 1.67 bits per heavy atom. The Balaban J connectivity index is 1.90. The van der Waals surface area contributed by atoms with Crippen molar-refractivity contribution in [3.63, 3.8) is 0 Å². The summed E-state index contributed by atoms with van der Waals surface area (Å²) in [5.41, 5.74) is 1.41. The highest BCUT2D eigenvalue weighted by Crippen LogP contribution is 2.22. The van der Waals surface area contributed by atoms with Gasteiger partial charge in [-0.15, -0.1) is 11.8 Å². The molecule has 2 heteroatoms. The Morgan fingerprint density at radius 3 is 2.22 bits per heavy atom. The van der Waals surface area contributed by atoms with Crippen molar-refractivity contribution in [2.45, 2.75) is 62.4 Å². The minimum atomic E-state index is 0.476. The smallest absolute Gasteiger partial charge is 0.0294 e. The molecule has 0 radical (unpaired) electrons. The first kappa shape index (κ1) is 14.0. The molecule has 0 amide bonds. The van der Waals surface area contributed by atoms with Crippen molar-refractivity contribution in [3.05, 3.63) is 29.8 Å². The molecular weight excluding hydrogens is 238 g/mol. The minimum absolute atomic E-state index is 0.476. The zero-order valence-corrected chi connectivity index (χ0v) is 12.4. The van der Waals surface area contributed by atoms with Crippen LogP contribution >= 0.6 is 11.8 Å². The van der Waals surface area contributed by atoms with E-state index in [2.05, 4.69) is 42.8 Å². The average Bonchev–Trinajstić information content (AvgIpc) is 2.67. The molecule has 1 unspecified atom stereocenters. The Kier molecular flexibility index (Phi) is 5.58. The summed E-state index contributed by atoms with van der Waals surface area (Å²) in [6, 6.07) is 10.2. The molecule has 1 saturated carbocycles. The van der Waals surface area contributed by atoms with Crippen molar-refractivity contribution in [3.8, 4) is 0 Å². The van der Waals surface area contributed by atoms with Gasteiger partial charge in [-0.2, -0.15) is 0 Å². The average molecular weight is 263 g/mol. The molecule has 2 rings (SSSR count). The third-order valence-corrected chi connectivity index (χ3v) is 4.70. The quantitative estimate of drug-likeness (QED) is 0.619. The number of benzene rings is 1. The van der Waals surface area contributed by atoms with Crippen LogP contribution in [-0.4, -0.2) is 12.3 Å². The van der Waals surface area contributed by atoms with Crippen molar-refractivity contribution >= 4 is 11.8 Å². The van der Waals surface area contributed by atoms with E-state index in [0.29, 0.717) is 6.04 Å². The Labute approximate surface area is 116 Å². The second-order valence-electron chi connectivity index (χ2n) is 5.35. The highest BCUT2D eigenvalue weighted by atomic mass is 32.2. The van der Waals surface area contributed by atoms with Crippen LogP contribution in [0.5, 0.6) is 0 Å². The van der Waals surface area contributed by atoms with E-state index < -0.39 is 0 Å². The van der Waals surface area contributed by atoms with Crippen LogP contribution in [0.25, 0.3) is 0 Å². The summed E-state index contributed by atoms with van der Waals surface area (Å²) in [4.78, 5) is 1.35. The van der Waals surface area contributed by atoms with Gasteiger partial charge in [0.25, 0.3) is 0 Å². The molecule has 1 atom stereocenters. The van der Waals surface area contributed by atoms with Gasteiger partial charge < -0.3 is 5.32 Å². The largest absolute Gasteiger partial charge is 0.307 e. The SMILES string of the molecule is CSc1ccc(C(C)NC2CCCCCC2)cc1. The monoisotopic (exact) mass is 263 g/mol. The third kappa shape index (κ3) is 4.03. The van der Waals surface area contributed by atoms with Crippen molar-refractivity contribution in [2.24, 2.45) is 0 Å². The maximum atomic E-state index is 3.81. The normalized spacial score (nSPS) is 19.4. The highest BCUT2D eigenvalue weighted by molar-refractivity contribution is 7.98. The number of rotatable bonds is 4. The standard InChI is InChI=1S/C16H25NS/c1-13(14-9-11-16(18-2)12-10-14)17-15-7-5-3-4-6-8-15/h9-13,15,17H,3-8H2,1-2H3. The van der Waals surface area contributed by atoms with Gasteiger partial charge in [-0.05, 0) is 43.7 Å². The Morgan fingerprint density at radius 1 is 1.06 bits per heavy atom. The summed E-state index contributed by atoms with van der Waals surface area (Å²) in [5.74, 6) is 0. The molecule has 1 aromatic rings. The van der Waals surface area contributed by atoms with E-state index in [1.807, 2.05) is 11.8 Å². The molecule has 1 nitrogen and oxygen atoms in total. The second-order valence-corrected chi connectivity index (χ2v) is 6.23. The fourth-order valence-electron chi connectivity index (χ4n) is 2.79. The Bertz CT molecular complexity index is 339. The molecule has 1 aromatic carbocycles. The molecule has 1 N–H and O–H groups in total. The van der Waals surface area contributed by atoms with Gasteiger partial charge in [0.1, 0.15) is 0 Å². The summed E-state index contributed by atoms with van der Waals surface area (Å²) in [5, 5.41) is 3.81. The summed E-state index contributed by atoms with van der Waals surface area (Å²) in [6.07, 6.45) is 10.5. The van der Waals surface area contributed by atoms with E-state index in [0.717, 1.165) is 6.04 Å². The molecule has 18 heavy (non-hydrogen) atoms. The van der Waals surface area contributed by atoms with Gasteiger partial charge in [0, 0.05) is 17.0 Å². The van der Waals surface area contributed by atoms with Crippen LogP contribution in [0.1, 0.15) is 57.1 Å². The number of hydrogen-bond acceptors (Lipinski definition) is 2. The van der Waals surface area contributed by atoms with Crippen LogP contribution in [0.15, 0.2) is 29.2 Å². The van der Waals surface area contributed by atoms with Gasteiger partial charge in [0.15, 0.2) is 0 Å². The lowest BCUT2D eigenvalue weighted by molar-refractivity contribution is 0.414. The third-order valence-electron chi connectivity index (χ3n) is 3.96. The fraction of sp³-hybridized carbons (Fsp3) is 0.625. The van der Waals surface area contributed by atoms with E-state index in [1.165, 1.54) is 49.0 Å². The molecule has 0 saturated heterocycles. The molecule has 0 aliphatic heterocycles. The summed E-state index contributed by atoms with van der Waals surface area (Å²) in [6.45, 7) is 2.29. The maximum Gasteiger partial charge on any atom is 0.0294 e. The van der Waals surface area contributed by atoms with Gasteiger partial charge in [0.05, 0.1) is 0 Å². The van der Waals surface area contributed by atoms with Gasteiger partial charge in [-0.3, -0.25) is 0 Å². The minimum Gasteiger partial charge on any atom is -0.307 e. The van der Waals surface area contributed by atoms with Gasteiger partial charge >= 0.3 is 0 Å². The molecule has 0 aromatic heterocycles. The van der Waals surface area contributed by atoms with Crippen molar-refractivity contribution < 1.29 is 0 Å². The molecule has 1 fully saturated rings. The predicted octanol–water partition coefficient (Wildman–Crippen LogP) is 4.78. The molecule has 0 spiro atoms. The van der Waals surface area contributed by atoms with E-state index >= 15 is 0 Å². The first-order valence-electron chi connectivity index (χ1n) is 7.19. The number of nitrogens with one attached hydrogen (secondary N) is 1. The van der Waals surface area contributed by atoms with Crippen LogP contribution in [0, 0.1) is 0 Å². The second kappa shape index (κ2) is 7.20. The van der Waals surface area contributed by atoms with E-state index in [1.54, 1.807) is 0 Å². The molecule has 0 bridgehead atoms. The first-order chi connectivity index (χ1) is 8.79. The molecule has 1 aliphatic carbocycles. The van der Waals surface area contributed by atoms with Gasteiger partial charge in [0.2, 0.25) is 0 Å². The van der Waals surface area contributed by atoms with Crippen LogP contribution in [0.4, 0.5) is 0 Å². The fourth-order valence-corrected chi connectivity index (χ4v) is 3.20. The predicted molar refractivity (Wildman–Crippen MR) is 81.3 cm³/mol. The van der Waals surface area contributed by atoms with E-state index in [9.17, 15) is 0 Å². The highest BCUT2D eigenvalue weighted by Gasteiger charge is 2.15. The number of hydrogen-bond donors (Lipinski definition) is 1. The van der Waals surface area contributed by atoms with Crippen LogP contribution in [0.3, 0.4) is 0 Å². The lowest BCUT2D eigenvalue weighted by Crippen LogP contribution is -2.30. The molecule has 0 heterocycles. The first-order valence-corrected chi connectivity index (χ1v) is 8.42. The van der Waals surface area contributed by atoms with Crippen molar-refractivity contribution in [1.82, 2.24) is 5.32 Å². The van der Waals surface area contributed by atoms with Gasteiger partial charge in [-0.1, -0.05) is 37.8 Å². The lowest BCUT2D eigenvalue weighted by atomic mass is 10.0. The van der Waals surface area contributed by atoms with E-state index in [4.69, 9.17) is 0 Å². The summed E-state index contributed by atoms with van der Waals surface area (Å²) < 4.78 is 0. The zero-order valence-electron chi connectivity index (χ0n) is 11.6. The van der Waals surface area contributed by atoms with Crippen molar-refractivity contribution in [1.29, 1.82) is 0 Å². The van der Waals surface area contributed by atoms with Gasteiger partial charge in [-0.25, -0.2) is 0 Å². The summed E-state index contributed by atoms with van der Waals surface area (Å²) >= 11 is 1.81. The van der Waals surface area contributed by atoms with Crippen molar-refractivity contribution in [2.75, 3.05) is 6.26 Å². The number of thioether (sulfide) groups is 1. The topological polar surface area (TPSA) is 12.0 Å². The summed E-state index contributed by atoms with van der Waals surface area (Å²) in [7, 11) is 0. The van der Waals surface area contributed by atoms with E-state index in [-0.39, 0.29) is 0 Å². The lowest BCUT2D eigenvalue weighted by Gasteiger charge is -2.22. The maximum absolute atomic E-state index is 3.81. The molecule has 100 valence electrons. The zero-order chi connectivity index (χ0) is 12.8. The van der Waals surface area contributed by atoms with Crippen LogP contribution in [-0.2, 0) is 0 Å². The van der Waals surface area contributed by atoms with Crippen LogP contribution in [0.2, 0.25) is 0 Å². The van der Waals surface area contributed by atoms with Crippen LogP contribution < -0.4 is 5.32 Å².